The fraction of sp³-hybridized carbons (Fsp3) is 0.375. The lowest BCUT2D eigenvalue weighted by atomic mass is 9.76. The lowest BCUT2D eigenvalue weighted by molar-refractivity contribution is -0.178. The minimum absolute atomic E-state index is 0.00644. The van der Waals surface area contributed by atoms with Gasteiger partial charge < -0.3 is 47.2 Å². The Hall–Kier alpha value is -7.70. The third-order valence-corrected chi connectivity index (χ3v) is 10.1. The van der Waals surface area contributed by atoms with Crippen molar-refractivity contribution >= 4 is 60.2 Å². The van der Waals surface area contributed by atoms with Crippen LogP contribution in [0.15, 0.2) is 106 Å². The molecule has 3 rings (SSSR count). The molecule has 0 saturated heterocycles. The van der Waals surface area contributed by atoms with Crippen molar-refractivity contribution in [1.82, 2.24) is 9.97 Å². The van der Waals surface area contributed by atoms with Crippen LogP contribution in [-0.4, -0.2) is 102 Å². The number of carbonyl (C=O) groups excluding carboxylic acids is 7. The van der Waals surface area contributed by atoms with E-state index < -0.39 is 89.9 Å². The number of oxazole rings is 2. The molecule has 0 aliphatic carbocycles. The quantitative estimate of drug-likeness (QED) is 0.0800. The molecule has 0 amide bonds. The number of ether oxygens (including phenoxy) is 6. The van der Waals surface area contributed by atoms with Crippen LogP contribution in [-0.2, 0) is 57.2 Å². The number of aromatic nitrogens is 2. The number of cyclic esters (lactones) is 2. The monoisotopic (exact) mass is 930 g/mol. The Morgan fingerprint density at radius 1 is 0.687 bits per heavy atom. The standard InChI is InChI=1S/C48H54N2O17/c1-7-20-34(64-41(54)26-19-29-51)47(3,45(58)60-5)36-22-15-11-9-13-17-25-39-50-33(31-63-39)44(57)67-37(23-16-12-10-14-18-24-38-49-32(30-62-38)43(56)66-36)48(4,46(59)61-6)35(21-8-2)65-42(55)28-27-40(52)53/h7-18,20-21,24-25,29-31,34-37H,19,22-23,26-28H2,1-6H3,(H,52,53)/b13-9+,14-10+,15-11-,16-12-,20-7+,21-8+,24-18+,25-17+. The number of fused-ring (bicyclic) bond motifs is 4. The first-order valence-electron chi connectivity index (χ1n) is 20.9. The van der Waals surface area contributed by atoms with Gasteiger partial charge in [-0.3, -0.25) is 24.0 Å². The number of aldehydes is 1. The second kappa shape index (κ2) is 26.9. The summed E-state index contributed by atoms with van der Waals surface area (Å²) in [6.07, 6.45) is 20.0. The molecule has 6 unspecified atom stereocenters. The first kappa shape index (κ1) is 53.6. The van der Waals surface area contributed by atoms with Gasteiger partial charge in [0, 0.05) is 31.4 Å². The first-order valence-corrected chi connectivity index (χ1v) is 20.9. The third-order valence-electron chi connectivity index (χ3n) is 10.1. The van der Waals surface area contributed by atoms with E-state index in [0.717, 1.165) is 26.7 Å². The van der Waals surface area contributed by atoms with Gasteiger partial charge in [0.15, 0.2) is 11.4 Å². The van der Waals surface area contributed by atoms with Crippen molar-refractivity contribution in [3.63, 3.8) is 0 Å². The second-order valence-electron chi connectivity index (χ2n) is 14.8. The highest BCUT2D eigenvalue weighted by Gasteiger charge is 2.53. The van der Waals surface area contributed by atoms with Crippen LogP contribution in [0.25, 0.3) is 12.2 Å². The van der Waals surface area contributed by atoms with Crippen molar-refractivity contribution in [3.05, 3.63) is 121 Å². The fourth-order valence-corrected chi connectivity index (χ4v) is 6.38. The third kappa shape index (κ3) is 15.5. The van der Waals surface area contributed by atoms with E-state index >= 15 is 0 Å². The van der Waals surface area contributed by atoms with Crippen LogP contribution in [0, 0.1) is 10.8 Å². The van der Waals surface area contributed by atoms with E-state index in [1.165, 1.54) is 56.4 Å². The van der Waals surface area contributed by atoms with E-state index in [2.05, 4.69) is 9.97 Å². The molecule has 67 heavy (non-hydrogen) atoms. The Kier molecular flexibility index (Phi) is 21.6. The van der Waals surface area contributed by atoms with Crippen molar-refractivity contribution in [2.45, 2.75) is 90.6 Å². The normalized spacial score (nSPS) is 21.6. The van der Waals surface area contributed by atoms with Gasteiger partial charge in [0.2, 0.25) is 11.8 Å². The van der Waals surface area contributed by atoms with Crippen molar-refractivity contribution in [3.8, 4) is 0 Å². The van der Waals surface area contributed by atoms with Crippen molar-refractivity contribution in [1.29, 1.82) is 0 Å². The van der Waals surface area contributed by atoms with Gasteiger partial charge in [-0.2, -0.15) is 0 Å². The summed E-state index contributed by atoms with van der Waals surface area (Å²) in [5, 5.41) is 9.09. The maximum atomic E-state index is 13.7. The van der Waals surface area contributed by atoms with Crippen LogP contribution in [0.3, 0.4) is 0 Å². The van der Waals surface area contributed by atoms with E-state index in [1.54, 1.807) is 68.5 Å². The Morgan fingerprint density at radius 2 is 1.10 bits per heavy atom. The largest absolute Gasteiger partial charge is 0.481 e. The van der Waals surface area contributed by atoms with E-state index in [-0.39, 0.29) is 48.9 Å². The summed E-state index contributed by atoms with van der Waals surface area (Å²) < 4.78 is 44.3. The SMILES string of the molecule is C/C=C/C(OC(=O)CCC=O)C(C)(C(=O)OC)C1C\C=C/C=C/C=C/c2nc(co2)C(=O)OC(C(C)(C(=O)OC)C(/C=C/C)OC(=O)CCC(=O)O)C\C=C/C=C/C=C/c2nc(co2)C(=O)O1. The Morgan fingerprint density at radius 3 is 1.49 bits per heavy atom. The summed E-state index contributed by atoms with van der Waals surface area (Å²) in [7, 11) is 2.24. The van der Waals surface area contributed by atoms with Crippen LogP contribution in [0.5, 0.6) is 0 Å². The second-order valence-corrected chi connectivity index (χ2v) is 14.8. The number of esters is 6. The number of methoxy groups -OCH3 is 2. The number of carboxylic acid groups (broad SMARTS) is 1. The number of carbonyl (C=O) groups is 8. The van der Waals surface area contributed by atoms with Gasteiger partial charge in [-0.15, -0.1) is 0 Å². The Labute approximate surface area is 386 Å². The van der Waals surface area contributed by atoms with Crippen molar-refractivity contribution in [2.24, 2.45) is 10.8 Å². The van der Waals surface area contributed by atoms with Gasteiger partial charge in [-0.25, -0.2) is 19.6 Å². The predicted molar refractivity (Wildman–Crippen MR) is 237 cm³/mol. The Bertz CT molecular complexity index is 2310. The molecule has 0 fully saturated rings. The summed E-state index contributed by atoms with van der Waals surface area (Å²) in [5.41, 5.74) is -4.25. The summed E-state index contributed by atoms with van der Waals surface area (Å²) >= 11 is 0. The van der Waals surface area contributed by atoms with Crippen LogP contribution < -0.4 is 0 Å². The number of carboxylic acids is 1. The minimum atomic E-state index is -1.89. The molecule has 19 nitrogen and oxygen atoms in total. The maximum absolute atomic E-state index is 13.7. The maximum Gasteiger partial charge on any atom is 0.360 e. The molecule has 1 N–H and O–H groups in total. The molecule has 0 spiro atoms. The van der Waals surface area contributed by atoms with E-state index in [9.17, 15) is 38.4 Å². The number of aliphatic carboxylic acids is 1. The smallest absolute Gasteiger partial charge is 0.360 e. The lowest BCUT2D eigenvalue weighted by Crippen LogP contribution is -2.52. The molecule has 2 aromatic rings. The summed E-state index contributed by atoms with van der Waals surface area (Å²) in [4.78, 5) is 111. The van der Waals surface area contributed by atoms with Crippen LogP contribution in [0.4, 0.5) is 0 Å². The summed E-state index contributed by atoms with van der Waals surface area (Å²) in [6.45, 7) is 6.04. The summed E-state index contributed by atoms with van der Waals surface area (Å²) in [6, 6.07) is 0. The zero-order chi connectivity index (χ0) is 49.4. The van der Waals surface area contributed by atoms with Crippen LogP contribution >= 0.6 is 0 Å². The highest BCUT2D eigenvalue weighted by Crippen LogP contribution is 2.38. The number of hydrogen-bond donors (Lipinski definition) is 1. The average Bonchev–Trinajstić information content (AvgIpc) is 4.00. The van der Waals surface area contributed by atoms with E-state index in [0.29, 0.717) is 6.29 Å². The van der Waals surface area contributed by atoms with Gasteiger partial charge in [-0.05, 0) is 39.8 Å². The molecule has 3 heterocycles. The number of hydrogen-bond acceptors (Lipinski definition) is 18. The fourth-order valence-electron chi connectivity index (χ4n) is 6.38. The number of nitrogens with zero attached hydrogens (tertiary/aromatic N) is 2. The molecule has 2 aromatic heterocycles. The van der Waals surface area contributed by atoms with Crippen molar-refractivity contribution in [2.75, 3.05) is 14.2 Å². The molecular formula is C48H54N2O17. The highest BCUT2D eigenvalue weighted by atomic mass is 16.6. The molecule has 0 radical (unpaired) electrons. The molecule has 4 bridgehead atoms. The Balaban J connectivity index is 2.08. The predicted octanol–water partition coefficient (Wildman–Crippen LogP) is 6.64. The summed E-state index contributed by atoms with van der Waals surface area (Å²) in [5.74, 6) is -6.72. The van der Waals surface area contributed by atoms with Gasteiger partial charge >= 0.3 is 41.8 Å². The van der Waals surface area contributed by atoms with Gasteiger partial charge in [0.1, 0.15) is 54.1 Å². The van der Waals surface area contributed by atoms with E-state index in [1.807, 2.05) is 0 Å². The average molecular weight is 931 g/mol. The first-order chi connectivity index (χ1) is 32.1. The number of rotatable bonds is 16. The molecule has 1 aliphatic heterocycles. The lowest BCUT2D eigenvalue weighted by Gasteiger charge is -2.38. The van der Waals surface area contributed by atoms with Crippen molar-refractivity contribution < 1.29 is 80.7 Å². The molecule has 0 aromatic carbocycles. The topological polar surface area (TPSA) is 264 Å². The minimum Gasteiger partial charge on any atom is -0.481 e. The molecule has 0 saturated carbocycles. The zero-order valence-electron chi connectivity index (χ0n) is 37.9. The molecule has 358 valence electrons. The molecule has 1 aliphatic rings. The molecule has 6 atom stereocenters. The van der Waals surface area contributed by atoms with Crippen LogP contribution in [0.2, 0.25) is 0 Å². The van der Waals surface area contributed by atoms with Gasteiger partial charge in [0.05, 0.1) is 33.5 Å². The number of allylic oxidation sites excluding steroid dienone is 10. The molecule has 19 heteroatoms. The highest BCUT2D eigenvalue weighted by molar-refractivity contribution is 5.89. The van der Waals surface area contributed by atoms with E-state index in [4.69, 9.17) is 42.4 Å². The van der Waals surface area contributed by atoms with Gasteiger partial charge in [0.25, 0.3) is 0 Å². The van der Waals surface area contributed by atoms with Crippen LogP contribution in [0.1, 0.15) is 99.0 Å². The zero-order valence-corrected chi connectivity index (χ0v) is 37.9. The van der Waals surface area contributed by atoms with Gasteiger partial charge in [-0.1, -0.05) is 72.9 Å². The molecular weight excluding hydrogens is 877 g/mol.